The molecule has 0 aliphatic carbocycles. The summed E-state index contributed by atoms with van der Waals surface area (Å²) in [5.41, 5.74) is 2.61. The predicted octanol–water partition coefficient (Wildman–Crippen LogP) is 3.68. The van der Waals surface area contributed by atoms with Crippen LogP contribution in [0.25, 0.3) is 0 Å². The van der Waals surface area contributed by atoms with E-state index in [2.05, 4.69) is 10.2 Å². The molecule has 0 radical (unpaired) electrons. The minimum absolute atomic E-state index is 0.0842. The molecule has 0 saturated carbocycles. The zero-order valence-electron chi connectivity index (χ0n) is 16.5. The topological polar surface area (TPSA) is 61.9 Å². The molecule has 2 aromatic carbocycles. The fraction of sp³-hybridized carbons (Fsp3) is 0.364. The van der Waals surface area contributed by atoms with Crippen molar-refractivity contribution in [1.29, 1.82) is 0 Å². The molecule has 0 spiro atoms. The summed E-state index contributed by atoms with van der Waals surface area (Å²) in [4.78, 5) is 28.5. The van der Waals surface area contributed by atoms with Crippen molar-refractivity contribution in [2.75, 3.05) is 41.9 Å². The highest BCUT2D eigenvalue weighted by Gasteiger charge is 2.16. The van der Waals surface area contributed by atoms with Gasteiger partial charge in [-0.2, -0.15) is 0 Å². The number of nitrogens with zero attached hydrogens (tertiary/aromatic N) is 2. The van der Waals surface area contributed by atoms with Crippen LogP contribution in [0.15, 0.2) is 48.5 Å². The van der Waals surface area contributed by atoms with E-state index in [1.165, 1.54) is 25.5 Å². The van der Waals surface area contributed by atoms with Crippen molar-refractivity contribution in [3.63, 3.8) is 0 Å². The quantitative estimate of drug-likeness (QED) is 0.795. The normalized spacial score (nSPS) is 13.3. The number of carbonyl (C=O) groups excluding carboxylic acids is 2. The molecule has 0 atom stereocenters. The van der Waals surface area contributed by atoms with Crippen molar-refractivity contribution in [2.24, 2.45) is 0 Å². The highest BCUT2D eigenvalue weighted by atomic mass is 16.5. The second-order valence-electron chi connectivity index (χ2n) is 6.88. The van der Waals surface area contributed by atoms with Crippen LogP contribution < -0.4 is 19.9 Å². The minimum Gasteiger partial charge on any atom is -0.495 e. The Labute approximate surface area is 166 Å². The second kappa shape index (κ2) is 9.26. The van der Waals surface area contributed by atoms with Crippen molar-refractivity contribution in [2.45, 2.75) is 26.2 Å². The molecule has 0 bridgehead atoms. The average molecular weight is 381 g/mol. The zero-order chi connectivity index (χ0) is 19.9. The number of anilines is 3. The van der Waals surface area contributed by atoms with Crippen LogP contribution in [0.1, 0.15) is 26.2 Å². The number of hydrogen-bond acceptors (Lipinski definition) is 4. The molecule has 6 nitrogen and oxygen atoms in total. The van der Waals surface area contributed by atoms with E-state index in [0.717, 1.165) is 18.8 Å². The van der Waals surface area contributed by atoms with Gasteiger partial charge in [0, 0.05) is 44.4 Å². The van der Waals surface area contributed by atoms with E-state index in [1.807, 2.05) is 36.4 Å². The maximum atomic E-state index is 12.4. The smallest absolute Gasteiger partial charge is 0.226 e. The van der Waals surface area contributed by atoms with Gasteiger partial charge in [-0.25, -0.2) is 0 Å². The van der Waals surface area contributed by atoms with E-state index in [0.29, 0.717) is 18.0 Å². The third kappa shape index (κ3) is 4.82. The first-order chi connectivity index (χ1) is 13.6. The third-order valence-corrected chi connectivity index (χ3v) is 4.96. The highest BCUT2D eigenvalue weighted by molar-refractivity contribution is 5.95. The van der Waals surface area contributed by atoms with Gasteiger partial charge in [0.15, 0.2) is 0 Å². The Morgan fingerprint density at radius 2 is 1.75 bits per heavy atom. The van der Waals surface area contributed by atoms with E-state index in [9.17, 15) is 9.59 Å². The third-order valence-electron chi connectivity index (χ3n) is 4.96. The van der Waals surface area contributed by atoms with Crippen LogP contribution in [-0.2, 0) is 9.59 Å². The minimum atomic E-state index is -0.163. The van der Waals surface area contributed by atoms with Crippen LogP contribution in [0.4, 0.5) is 17.1 Å². The molecule has 148 valence electrons. The van der Waals surface area contributed by atoms with Crippen molar-refractivity contribution >= 4 is 28.9 Å². The van der Waals surface area contributed by atoms with Gasteiger partial charge in [0.2, 0.25) is 11.8 Å². The molecule has 1 aliphatic rings. The molecule has 1 fully saturated rings. The maximum absolute atomic E-state index is 12.4. The van der Waals surface area contributed by atoms with Gasteiger partial charge >= 0.3 is 0 Å². The van der Waals surface area contributed by atoms with Crippen molar-refractivity contribution in [3.05, 3.63) is 48.5 Å². The Morgan fingerprint density at radius 1 is 1.07 bits per heavy atom. The van der Waals surface area contributed by atoms with Crippen molar-refractivity contribution in [1.82, 2.24) is 0 Å². The number of amides is 2. The Balaban J connectivity index is 1.61. The van der Waals surface area contributed by atoms with Gasteiger partial charge < -0.3 is 19.9 Å². The molecule has 0 unspecified atom stereocenters. The van der Waals surface area contributed by atoms with Gasteiger partial charge in [0.25, 0.3) is 0 Å². The average Bonchev–Trinajstić information content (AvgIpc) is 3.23. The first kappa shape index (κ1) is 19.7. The molecule has 1 heterocycles. The van der Waals surface area contributed by atoms with Crippen LogP contribution in [0.2, 0.25) is 0 Å². The molecular weight excluding hydrogens is 354 g/mol. The number of rotatable bonds is 7. The highest BCUT2D eigenvalue weighted by Crippen LogP contribution is 2.25. The molecule has 1 N–H and O–H groups in total. The van der Waals surface area contributed by atoms with E-state index in [1.54, 1.807) is 24.1 Å². The first-order valence-electron chi connectivity index (χ1n) is 9.64. The van der Waals surface area contributed by atoms with E-state index >= 15 is 0 Å². The Kier molecular flexibility index (Phi) is 6.53. The van der Waals surface area contributed by atoms with Crippen LogP contribution in [0.3, 0.4) is 0 Å². The monoisotopic (exact) mass is 381 g/mol. The molecule has 6 heteroatoms. The molecule has 2 amide bonds. The number of hydrogen-bond donors (Lipinski definition) is 1. The summed E-state index contributed by atoms with van der Waals surface area (Å²) >= 11 is 0. The Hall–Kier alpha value is -3.02. The number of nitrogens with one attached hydrogen (secondary N) is 1. The molecule has 1 saturated heterocycles. The lowest BCUT2D eigenvalue weighted by molar-refractivity contribution is -0.117. The van der Waals surface area contributed by atoms with Crippen LogP contribution in [0, 0.1) is 0 Å². The summed E-state index contributed by atoms with van der Waals surface area (Å²) in [7, 11) is 1.56. The van der Waals surface area contributed by atoms with E-state index in [-0.39, 0.29) is 18.2 Å². The van der Waals surface area contributed by atoms with Gasteiger partial charge in [-0.1, -0.05) is 12.1 Å². The molecule has 28 heavy (non-hydrogen) atoms. The second-order valence-corrected chi connectivity index (χ2v) is 6.88. The molecule has 3 rings (SSSR count). The summed E-state index contributed by atoms with van der Waals surface area (Å²) in [6, 6.07) is 15.3. The van der Waals surface area contributed by atoms with Crippen molar-refractivity contribution < 1.29 is 14.3 Å². The first-order valence-corrected chi connectivity index (χ1v) is 9.64. The summed E-state index contributed by atoms with van der Waals surface area (Å²) in [6.07, 6.45) is 2.65. The van der Waals surface area contributed by atoms with Crippen LogP contribution in [-0.4, -0.2) is 38.6 Å². The SMILES string of the molecule is COc1ccccc1NC(=O)CCN(C(C)=O)c1ccc(N2CCCC2)cc1. The zero-order valence-corrected chi connectivity index (χ0v) is 16.5. The lowest BCUT2D eigenvalue weighted by atomic mass is 10.2. The molecular formula is C22H27N3O3. The van der Waals surface area contributed by atoms with Gasteiger partial charge in [0.05, 0.1) is 12.8 Å². The van der Waals surface area contributed by atoms with Gasteiger partial charge in [-0.05, 0) is 49.2 Å². The molecule has 0 aromatic heterocycles. The summed E-state index contributed by atoms with van der Waals surface area (Å²) < 4.78 is 5.25. The van der Waals surface area contributed by atoms with Crippen molar-refractivity contribution in [3.8, 4) is 5.75 Å². The number of para-hydroxylation sites is 2. The fourth-order valence-electron chi connectivity index (χ4n) is 3.46. The lowest BCUT2D eigenvalue weighted by Crippen LogP contribution is -2.32. The molecule has 2 aromatic rings. The Bertz CT molecular complexity index is 814. The number of ether oxygens (including phenoxy) is 1. The maximum Gasteiger partial charge on any atom is 0.226 e. The largest absolute Gasteiger partial charge is 0.495 e. The van der Waals surface area contributed by atoms with Gasteiger partial charge in [-0.15, -0.1) is 0 Å². The van der Waals surface area contributed by atoms with Gasteiger partial charge in [0.1, 0.15) is 5.75 Å². The summed E-state index contributed by atoms with van der Waals surface area (Å²) in [6.45, 7) is 4.00. The predicted molar refractivity (Wildman–Crippen MR) is 112 cm³/mol. The summed E-state index contributed by atoms with van der Waals surface area (Å²) in [5.74, 6) is 0.361. The summed E-state index contributed by atoms with van der Waals surface area (Å²) in [5, 5.41) is 2.84. The van der Waals surface area contributed by atoms with E-state index in [4.69, 9.17) is 4.74 Å². The van der Waals surface area contributed by atoms with Crippen LogP contribution in [0.5, 0.6) is 5.75 Å². The van der Waals surface area contributed by atoms with Gasteiger partial charge in [-0.3, -0.25) is 9.59 Å². The molecule has 1 aliphatic heterocycles. The van der Waals surface area contributed by atoms with E-state index < -0.39 is 0 Å². The van der Waals surface area contributed by atoms with Crippen LogP contribution >= 0.6 is 0 Å². The number of methoxy groups -OCH3 is 1. The number of carbonyl (C=O) groups is 2. The fourth-order valence-corrected chi connectivity index (χ4v) is 3.46. The standard InChI is InChI=1S/C22H27N3O3/c1-17(26)25(19-11-9-18(10-12-19)24-14-5-6-15-24)16-13-22(27)23-20-7-3-4-8-21(20)28-2/h3-4,7-12H,5-6,13-16H2,1-2H3,(H,23,27). The number of benzene rings is 2. The lowest BCUT2D eigenvalue weighted by Gasteiger charge is -2.23. The Morgan fingerprint density at radius 3 is 2.39 bits per heavy atom.